The van der Waals surface area contributed by atoms with E-state index in [4.69, 9.17) is 0 Å². The van der Waals surface area contributed by atoms with Gasteiger partial charge in [0.1, 0.15) is 0 Å². The maximum atomic E-state index is 2.44. The van der Waals surface area contributed by atoms with Gasteiger partial charge < -0.3 is 4.90 Å². The fourth-order valence-corrected chi connectivity index (χ4v) is 9.97. The smallest absolute Gasteiger partial charge is 0.0540 e. The largest absolute Gasteiger partial charge is 0.310 e. The molecule has 11 rings (SSSR count). The molecule has 0 saturated carbocycles. The minimum absolute atomic E-state index is 1.09. The van der Waals surface area contributed by atoms with Crippen LogP contribution in [0, 0.1) is 0 Å². The van der Waals surface area contributed by atoms with E-state index in [0.717, 1.165) is 17.1 Å². The first-order valence-electron chi connectivity index (χ1n) is 19.8. The van der Waals surface area contributed by atoms with Crippen LogP contribution in [0.25, 0.3) is 86.2 Å². The standard InChI is InChI=1S/C56H37NS/c1-2-15-39(16-3-1)47-27-12-19-41-20-13-29-50(55(41)47)49-24-6-8-30-52(49)57(44-22-10-21-42(37-44)46-26-11-18-38-17-4-5-23-45(38)46)43-35-33-40(34-36-43)48-28-14-32-54-56(48)51-25-7-9-31-53(51)58-54/h1-37H. The van der Waals surface area contributed by atoms with Crippen molar-refractivity contribution in [3.05, 3.63) is 224 Å². The molecule has 0 atom stereocenters. The Labute approximate surface area is 342 Å². The fraction of sp³-hybridized carbons (Fsp3) is 0. The zero-order valence-electron chi connectivity index (χ0n) is 31.7. The second-order valence-corrected chi connectivity index (χ2v) is 15.9. The van der Waals surface area contributed by atoms with E-state index in [1.54, 1.807) is 0 Å². The molecule has 0 N–H and O–H groups in total. The van der Waals surface area contributed by atoms with Gasteiger partial charge in [-0.15, -0.1) is 11.3 Å². The summed E-state index contributed by atoms with van der Waals surface area (Å²) in [5, 5.41) is 7.59. The van der Waals surface area contributed by atoms with Crippen molar-refractivity contribution in [3.63, 3.8) is 0 Å². The predicted molar refractivity (Wildman–Crippen MR) is 251 cm³/mol. The Bertz CT molecular complexity index is 3270. The Morgan fingerprint density at radius 1 is 0.293 bits per heavy atom. The number of rotatable bonds is 7. The molecule has 0 bridgehead atoms. The number of thiophene rings is 1. The molecule has 0 radical (unpaired) electrons. The Morgan fingerprint density at radius 2 is 0.845 bits per heavy atom. The van der Waals surface area contributed by atoms with Gasteiger partial charge in [-0.1, -0.05) is 182 Å². The third-order valence-electron chi connectivity index (χ3n) is 11.5. The van der Waals surface area contributed by atoms with Gasteiger partial charge in [0.05, 0.1) is 5.69 Å². The van der Waals surface area contributed by atoms with Crippen LogP contribution in [-0.4, -0.2) is 0 Å². The molecule has 0 fully saturated rings. The van der Waals surface area contributed by atoms with Crippen molar-refractivity contribution >= 4 is 70.1 Å². The highest BCUT2D eigenvalue weighted by atomic mass is 32.1. The lowest BCUT2D eigenvalue weighted by Crippen LogP contribution is -2.11. The van der Waals surface area contributed by atoms with Crippen molar-refractivity contribution in [2.24, 2.45) is 0 Å². The Morgan fingerprint density at radius 3 is 1.69 bits per heavy atom. The van der Waals surface area contributed by atoms with E-state index in [1.165, 1.54) is 86.2 Å². The van der Waals surface area contributed by atoms with Gasteiger partial charge in [0.15, 0.2) is 0 Å². The summed E-state index contributed by atoms with van der Waals surface area (Å²) in [4.78, 5) is 2.44. The Kier molecular flexibility index (Phi) is 8.42. The number of benzene rings is 10. The zero-order chi connectivity index (χ0) is 38.4. The van der Waals surface area contributed by atoms with Crippen molar-refractivity contribution in [2.75, 3.05) is 4.90 Å². The Hall–Kier alpha value is -7.26. The van der Waals surface area contributed by atoms with Gasteiger partial charge in [-0.3, -0.25) is 0 Å². The number of nitrogens with zero attached hydrogens (tertiary/aromatic N) is 1. The first-order valence-corrected chi connectivity index (χ1v) is 20.7. The normalized spacial score (nSPS) is 11.4. The monoisotopic (exact) mass is 755 g/mol. The molecule has 0 saturated heterocycles. The highest BCUT2D eigenvalue weighted by Gasteiger charge is 2.21. The van der Waals surface area contributed by atoms with Crippen molar-refractivity contribution in [1.82, 2.24) is 0 Å². The van der Waals surface area contributed by atoms with Gasteiger partial charge in [-0.05, 0) is 103 Å². The third-order valence-corrected chi connectivity index (χ3v) is 12.6. The topological polar surface area (TPSA) is 3.24 Å². The summed E-state index contributed by atoms with van der Waals surface area (Å²) >= 11 is 1.86. The van der Waals surface area contributed by atoms with E-state index in [9.17, 15) is 0 Å². The SMILES string of the molecule is c1ccc(-c2cccc3cccc(-c4ccccc4N(c4ccc(-c5cccc6sc7ccccc7c56)cc4)c4cccc(-c5cccc6ccccc56)c4)c23)cc1. The molecule has 0 spiro atoms. The molecule has 11 aromatic rings. The second kappa shape index (κ2) is 14.4. The van der Waals surface area contributed by atoms with E-state index in [2.05, 4.69) is 229 Å². The molecule has 1 heterocycles. The van der Waals surface area contributed by atoms with E-state index in [-0.39, 0.29) is 0 Å². The molecule has 10 aromatic carbocycles. The molecule has 272 valence electrons. The van der Waals surface area contributed by atoms with Gasteiger partial charge >= 0.3 is 0 Å². The lowest BCUT2D eigenvalue weighted by molar-refractivity contribution is 1.28. The highest BCUT2D eigenvalue weighted by molar-refractivity contribution is 7.25. The molecule has 0 amide bonds. The van der Waals surface area contributed by atoms with Crippen molar-refractivity contribution < 1.29 is 0 Å². The van der Waals surface area contributed by atoms with Gasteiger partial charge in [0.25, 0.3) is 0 Å². The minimum atomic E-state index is 1.09. The molecule has 0 aliphatic carbocycles. The molecule has 0 unspecified atom stereocenters. The number of fused-ring (bicyclic) bond motifs is 5. The molecule has 1 aromatic heterocycles. The summed E-state index contributed by atoms with van der Waals surface area (Å²) in [5.74, 6) is 0. The lowest BCUT2D eigenvalue weighted by atomic mass is 9.90. The first kappa shape index (κ1) is 34.0. The van der Waals surface area contributed by atoms with Gasteiger partial charge in [0, 0.05) is 37.1 Å². The minimum Gasteiger partial charge on any atom is -0.310 e. The van der Waals surface area contributed by atoms with Gasteiger partial charge in [0.2, 0.25) is 0 Å². The molecular weight excluding hydrogens is 719 g/mol. The summed E-state index contributed by atoms with van der Waals surface area (Å²) < 4.78 is 2.63. The molecular formula is C56H37NS. The van der Waals surface area contributed by atoms with Gasteiger partial charge in [-0.2, -0.15) is 0 Å². The van der Waals surface area contributed by atoms with Crippen LogP contribution >= 0.6 is 11.3 Å². The molecule has 1 nitrogen and oxygen atoms in total. The van der Waals surface area contributed by atoms with Crippen molar-refractivity contribution in [2.45, 2.75) is 0 Å². The number of hydrogen-bond acceptors (Lipinski definition) is 2. The first-order chi connectivity index (χ1) is 28.8. The van der Waals surface area contributed by atoms with E-state index < -0.39 is 0 Å². The fourth-order valence-electron chi connectivity index (χ4n) is 8.84. The summed E-state index contributed by atoms with van der Waals surface area (Å²) in [7, 11) is 0. The Balaban J connectivity index is 1.12. The molecule has 0 aliphatic rings. The second-order valence-electron chi connectivity index (χ2n) is 14.8. The summed E-state index contributed by atoms with van der Waals surface area (Å²) in [5.41, 5.74) is 13.0. The van der Waals surface area contributed by atoms with Crippen LogP contribution in [0.4, 0.5) is 17.1 Å². The van der Waals surface area contributed by atoms with Crippen molar-refractivity contribution in [3.8, 4) is 44.5 Å². The molecule has 2 heteroatoms. The van der Waals surface area contributed by atoms with Gasteiger partial charge in [-0.25, -0.2) is 0 Å². The van der Waals surface area contributed by atoms with Crippen molar-refractivity contribution in [1.29, 1.82) is 0 Å². The molecule has 58 heavy (non-hydrogen) atoms. The lowest BCUT2D eigenvalue weighted by Gasteiger charge is -2.29. The number of hydrogen-bond donors (Lipinski definition) is 0. The van der Waals surface area contributed by atoms with Crippen LogP contribution in [0.3, 0.4) is 0 Å². The summed E-state index contributed by atoms with van der Waals surface area (Å²) in [6.07, 6.45) is 0. The highest BCUT2D eigenvalue weighted by Crippen LogP contribution is 2.46. The zero-order valence-corrected chi connectivity index (χ0v) is 32.5. The molecule has 0 aliphatic heterocycles. The predicted octanol–water partition coefficient (Wildman–Crippen LogP) is 16.5. The summed E-state index contributed by atoms with van der Waals surface area (Å²) in [6, 6.07) is 82.0. The van der Waals surface area contributed by atoms with Crippen LogP contribution in [0.1, 0.15) is 0 Å². The average Bonchev–Trinajstić information content (AvgIpc) is 3.69. The van der Waals surface area contributed by atoms with Crippen LogP contribution in [0.2, 0.25) is 0 Å². The average molecular weight is 756 g/mol. The quantitative estimate of drug-likeness (QED) is 0.157. The van der Waals surface area contributed by atoms with E-state index >= 15 is 0 Å². The van der Waals surface area contributed by atoms with Crippen LogP contribution < -0.4 is 4.90 Å². The van der Waals surface area contributed by atoms with E-state index in [1.807, 2.05) is 11.3 Å². The number of para-hydroxylation sites is 1. The van der Waals surface area contributed by atoms with Crippen LogP contribution in [0.15, 0.2) is 224 Å². The maximum absolute atomic E-state index is 2.44. The summed E-state index contributed by atoms with van der Waals surface area (Å²) in [6.45, 7) is 0. The third kappa shape index (κ3) is 5.86. The van der Waals surface area contributed by atoms with Crippen LogP contribution in [-0.2, 0) is 0 Å². The van der Waals surface area contributed by atoms with E-state index in [0.29, 0.717) is 0 Å². The van der Waals surface area contributed by atoms with Crippen LogP contribution in [0.5, 0.6) is 0 Å². The number of anilines is 3. The maximum Gasteiger partial charge on any atom is 0.0540 e.